The van der Waals surface area contributed by atoms with Crippen molar-refractivity contribution in [3.8, 4) is 0 Å². The minimum Gasteiger partial charge on any atom is -0.369 e. The van der Waals surface area contributed by atoms with Crippen molar-refractivity contribution in [2.45, 2.75) is 25.3 Å². The van der Waals surface area contributed by atoms with E-state index in [1.807, 2.05) is 46.9 Å². The van der Waals surface area contributed by atoms with Crippen molar-refractivity contribution in [3.05, 3.63) is 69.2 Å². The second kappa shape index (κ2) is 12.3. The van der Waals surface area contributed by atoms with E-state index in [4.69, 9.17) is 0 Å². The van der Waals surface area contributed by atoms with E-state index in [1.165, 1.54) is 0 Å². The molecule has 1 aliphatic carbocycles. The molecular weight excluding hydrogens is 548 g/mol. The van der Waals surface area contributed by atoms with Gasteiger partial charge in [-0.05, 0) is 24.1 Å². The van der Waals surface area contributed by atoms with E-state index in [-0.39, 0.29) is 18.2 Å². The minimum absolute atomic E-state index is 0.0768. The average Bonchev–Trinajstić information content (AvgIpc) is 2.84. The number of rotatable bonds is 9. The highest BCUT2D eigenvalue weighted by Gasteiger charge is 2.18. The third-order valence-electron chi connectivity index (χ3n) is 5.91. The lowest BCUT2D eigenvalue weighted by atomic mass is 9.90. The Hall–Kier alpha value is -2.44. The Labute approximate surface area is 212 Å². The van der Waals surface area contributed by atoms with Crippen LogP contribution in [0.15, 0.2) is 48.2 Å². The molecule has 0 saturated carbocycles. The lowest BCUT2D eigenvalue weighted by Crippen LogP contribution is -2.45. The number of allylic oxidation sites excluding steroid dienone is 3. The molecule has 1 atom stereocenters. The highest BCUT2D eigenvalue weighted by molar-refractivity contribution is 14.1. The second-order valence-electron chi connectivity index (χ2n) is 8.35. The van der Waals surface area contributed by atoms with Crippen molar-refractivity contribution in [1.82, 2.24) is 30.5 Å². The molecule has 1 aliphatic heterocycles. The van der Waals surface area contributed by atoms with Crippen molar-refractivity contribution in [3.63, 3.8) is 0 Å². The molecule has 2 aromatic rings. The second-order valence-corrected chi connectivity index (χ2v) is 9.31. The Balaban J connectivity index is 1.23. The van der Waals surface area contributed by atoms with E-state index < -0.39 is 5.95 Å². The third-order valence-corrected chi connectivity index (χ3v) is 6.43. The molecule has 180 valence electrons. The van der Waals surface area contributed by atoms with Crippen LogP contribution in [0.5, 0.6) is 0 Å². The number of anilines is 1. The number of hydrogen-bond donors (Lipinski definition) is 3. The van der Waals surface area contributed by atoms with Crippen LogP contribution in [0.1, 0.15) is 30.0 Å². The molecule has 34 heavy (non-hydrogen) atoms. The molecule has 2 aliphatic rings. The molecule has 1 amide bonds. The zero-order valence-corrected chi connectivity index (χ0v) is 21.1. The molecule has 4 rings (SSSR count). The van der Waals surface area contributed by atoms with Gasteiger partial charge in [-0.15, -0.1) is 0 Å². The van der Waals surface area contributed by atoms with Crippen LogP contribution in [0.25, 0.3) is 0 Å². The molecule has 1 unspecified atom stereocenters. The van der Waals surface area contributed by atoms with E-state index in [2.05, 4.69) is 35.8 Å². The van der Waals surface area contributed by atoms with Crippen LogP contribution >= 0.6 is 22.6 Å². The number of aromatic nitrogens is 3. The van der Waals surface area contributed by atoms with Crippen molar-refractivity contribution < 1.29 is 9.18 Å². The number of pyridine rings is 1. The Morgan fingerprint density at radius 2 is 2.09 bits per heavy atom. The van der Waals surface area contributed by atoms with E-state index in [1.54, 1.807) is 18.3 Å². The smallest absolute Gasteiger partial charge is 0.224 e. The van der Waals surface area contributed by atoms with E-state index >= 15 is 0 Å². The first-order chi connectivity index (χ1) is 16.6. The number of hydrogen-bond acceptors (Lipinski definition) is 7. The molecule has 0 aromatic carbocycles. The fourth-order valence-corrected chi connectivity index (χ4v) is 4.50. The predicted molar refractivity (Wildman–Crippen MR) is 138 cm³/mol. The van der Waals surface area contributed by atoms with Crippen molar-refractivity contribution in [2.75, 3.05) is 44.6 Å². The largest absolute Gasteiger partial charge is 0.369 e. The Kier molecular flexibility index (Phi) is 8.94. The van der Waals surface area contributed by atoms with Gasteiger partial charge in [0.05, 0.1) is 18.7 Å². The molecule has 1 saturated heterocycles. The molecule has 2 aromatic heterocycles. The van der Waals surface area contributed by atoms with Gasteiger partial charge in [0.15, 0.2) is 3.83 Å². The summed E-state index contributed by atoms with van der Waals surface area (Å²) in [5, 5.41) is 9.44. The monoisotopic (exact) mass is 577 g/mol. The lowest BCUT2D eigenvalue weighted by Gasteiger charge is -2.27. The van der Waals surface area contributed by atoms with Crippen molar-refractivity contribution in [2.24, 2.45) is 0 Å². The Morgan fingerprint density at radius 3 is 2.82 bits per heavy atom. The van der Waals surface area contributed by atoms with Crippen LogP contribution in [0.4, 0.5) is 10.2 Å². The van der Waals surface area contributed by atoms with E-state index in [0.717, 1.165) is 50.5 Å². The average molecular weight is 577 g/mol. The van der Waals surface area contributed by atoms with Crippen molar-refractivity contribution >= 4 is 34.3 Å². The van der Waals surface area contributed by atoms with E-state index in [0.29, 0.717) is 28.2 Å². The van der Waals surface area contributed by atoms with Crippen LogP contribution in [0, 0.1) is 9.78 Å². The number of nitrogens with zero attached hydrogens (tertiary/aromatic N) is 4. The summed E-state index contributed by atoms with van der Waals surface area (Å²) < 4.78 is 15.4. The summed E-state index contributed by atoms with van der Waals surface area (Å²) in [5.74, 6) is -0.0530. The zero-order chi connectivity index (χ0) is 23.8. The van der Waals surface area contributed by atoms with Gasteiger partial charge in [-0.2, -0.15) is 4.39 Å². The molecule has 3 N–H and O–H groups in total. The molecule has 8 nitrogen and oxygen atoms in total. The summed E-state index contributed by atoms with van der Waals surface area (Å²) in [4.78, 5) is 27.1. The maximum absolute atomic E-state index is 14.7. The SMILES string of the molecule is O=C(CC1=CCC(c2ccc(NCCN3CCNCC3)nc2F)C=C1)NCc1ccnc(I)n1. The molecule has 1 fully saturated rings. The molecule has 3 heterocycles. The van der Waals surface area contributed by atoms with Crippen molar-refractivity contribution in [1.29, 1.82) is 0 Å². The van der Waals surface area contributed by atoms with Crippen LogP contribution < -0.4 is 16.0 Å². The molecule has 10 heteroatoms. The zero-order valence-electron chi connectivity index (χ0n) is 18.9. The van der Waals surface area contributed by atoms with Gasteiger partial charge in [0.1, 0.15) is 5.82 Å². The minimum atomic E-state index is -0.448. The fraction of sp³-hybridized carbons (Fsp3) is 0.417. The van der Waals surface area contributed by atoms with Gasteiger partial charge in [-0.3, -0.25) is 9.69 Å². The Morgan fingerprint density at radius 1 is 1.24 bits per heavy atom. The number of amides is 1. The number of halogens is 2. The number of nitrogens with one attached hydrogen (secondary N) is 3. The first kappa shape index (κ1) is 24.7. The number of carbonyl (C=O) groups excluding carboxylic acids is 1. The predicted octanol–water partition coefficient (Wildman–Crippen LogP) is 2.61. The number of piperazine rings is 1. The molecular formula is C24H29FIN7O. The maximum atomic E-state index is 14.7. The summed E-state index contributed by atoms with van der Waals surface area (Å²) >= 11 is 2.04. The highest BCUT2D eigenvalue weighted by atomic mass is 127. The third kappa shape index (κ3) is 7.28. The van der Waals surface area contributed by atoms with Gasteiger partial charge in [-0.1, -0.05) is 24.3 Å². The van der Waals surface area contributed by atoms with Gasteiger partial charge >= 0.3 is 0 Å². The first-order valence-electron chi connectivity index (χ1n) is 11.5. The quantitative estimate of drug-likeness (QED) is 0.240. The van der Waals surface area contributed by atoms with E-state index in [9.17, 15) is 9.18 Å². The summed E-state index contributed by atoms with van der Waals surface area (Å²) in [5.41, 5.74) is 2.26. The highest BCUT2D eigenvalue weighted by Crippen LogP contribution is 2.29. The molecule has 0 radical (unpaired) electrons. The Bertz CT molecular complexity index is 1060. The molecule has 0 bridgehead atoms. The van der Waals surface area contributed by atoms with Crippen LogP contribution in [0.2, 0.25) is 0 Å². The fourth-order valence-electron chi connectivity index (χ4n) is 4.03. The topological polar surface area (TPSA) is 95.1 Å². The van der Waals surface area contributed by atoms with Crippen LogP contribution in [-0.4, -0.2) is 65.0 Å². The summed E-state index contributed by atoms with van der Waals surface area (Å²) in [7, 11) is 0. The van der Waals surface area contributed by atoms with Crippen LogP contribution in [0.3, 0.4) is 0 Å². The number of carbonyl (C=O) groups is 1. The molecule has 0 spiro atoms. The summed E-state index contributed by atoms with van der Waals surface area (Å²) in [6.07, 6.45) is 8.44. The van der Waals surface area contributed by atoms with Gasteiger partial charge in [0.25, 0.3) is 0 Å². The standard InChI is InChI=1S/C24H29FIN7O/c25-23-20(5-6-21(32-23)28-11-14-33-12-9-27-10-13-33)18-3-1-17(2-4-18)15-22(34)30-16-19-7-8-29-24(26)31-19/h1-3,5-8,18,27H,4,9-16H2,(H,28,32)(H,30,34). The van der Waals surface area contributed by atoms with Gasteiger partial charge in [-0.25, -0.2) is 15.0 Å². The summed E-state index contributed by atoms with van der Waals surface area (Å²) in [6.45, 7) is 6.12. The van der Waals surface area contributed by atoms with Gasteiger partial charge < -0.3 is 16.0 Å². The normalized spacial score (nSPS) is 18.4. The van der Waals surface area contributed by atoms with Gasteiger partial charge in [0.2, 0.25) is 11.9 Å². The lowest BCUT2D eigenvalue weighted by molar-refractivity contribution is -0.120. The maximum Gasteiger partial charge on any atom is 0.224 e. The first-order valence-corrected chi connectivity index (χ1v) is 12.6. The summed E-state index contributed by atoms with van der Waals surface area (Å²) in [6, 6.07) is 5.42. The van der Waals surface area contributed by atoms with Gasteiger partial charge in [0, 0.05) is 79.5 Å². The van der Waals surface area contributed by atoms with Crippen LogP contribution in [-0.2, 0) is 11.3 Å².